The van der Waals surface area contributed by atoms with Crippen LogP contribution in [0.3, 0.4) is 0 Å². The van der Waals surface area contributed by atoms with Crippen molar-refractivity contribution in [1.82, 2.24) is 4.98 Å². The minimum absolute atomic E-state index is 0.700. The molecule has 100 valence electrons. The van der Waals surface area contributed by atoms with E-state index in [1.807, 2.05) is 35.7 Å². The standard InChI is InChI=1S/C14H16N2O2S/c1-14(2,12(17)18)16(3)13-15-11(9-19-13)10-7-5-4-6-8-10/h4-9H,1-3H3,(H,17,18). The van der Waals surface area contributed by atoms with Crippen LogP contribution in [0.25, 0.3) is 11.3 Å². The van der Waals surface area contributed by atoms with Crippen LogP contribution in [-0.4, -0.2) is 28.6 Å². The van der Waals surface area contributed by atoms with Gasteiger partial charge in [0.15, 0.2) is 5.13 Å². The summed E-state index contributed by atoms with van der Waals surface area (Å²) < 4.78 is 0. The quantitative estimate of drug-likeness (QED) is 0.932. The van der Waals surface area contributed by atoms with E-state index < -0.39 is 11.5 Å². The Morgan fingerprint density at radius 2 is 1.95 bits per heavy atom. The molecule has 0 saturated heterocycles. The summed E-state index contributed by atoms with van der Waals surface area (Å²) in [6.07, 6.45) is 0. The summed E-state index contributed by atoms with van der Waals surface area (Å²) in [5.74, 6) is -0.869. The van der Waals surface area contributed by atoms with E-state index in [-0.39, 0.29) is 0 Å². The molecule has 0 amide bonds. The lowest BCUT2D eigenvalue weighted by Crippen LogP contribution is -2.48. The Balaban J connectivity index is 2.30. The van der Waals surface area contributed by atoms with Gasteiger partial charge < -0.3 is 10.0 Å². The van der Waals surface area contributed by atoms with Gasteiger partial charge >= 0.3 is 5.97 Å². The van der Waals surface area contributed by atoms with Gasteiger partial charge in [-0.2, -0.15) is 0 Å². The Hall–Kier alpha value is -1.88. The number of benzene rings is 1. The molecule has 2 rings (SSSR count). The Morgan fingerprint density at radius 1 is 1.32 bits per heavy atom. The third-order valence-corrected chi connectivity index (χ3v) is 4.13. The van der Waals surface area contributed by atoms with E-state index >= 15 is 0 Å². The topological polar surface area (TPSA) is 53.4 Å². The van der Waals surface area contributed by atoms with Gasteiger partial charge in [0.05, 0.1) is 5.69 Å². The minimum atomic E-state index is -0.980. The number of rotatable bonds is 4. The third kappa shape index (κ3) is 2.61. The number of carboxylic acids is 1. The van der Waals surface area contributed by atoms with Crippen LogP contribution in [0, 0.1) is 0 Å². The van der Waals surface area contributed by atoms with E-state index in [4.69, 9.17) is 0 Å². The normalized spacial score (nSPS) is 11.3. The number of hydrogen-bond donors (Lipinski definition) is 1. The van der Waals surface area contributed by atoms with E-state index in [0.717, 1.165) is 11.3 Å². The van der Waals surface area contributed by atoms with Crippen molar-refractivity contribution in [1.29, 1.82) is 0 Å². The smallest absolute Gasteiger partial charge is 0.329 e. The van der Waals surface area contributed by atoms with Crippen LogP contribution in [0.4, 0.5) is 5.13 Å². The first-order chi connectivity index (χ1) is 8.93. The SMILES string of the molecule is CN(c1nc(-c2ccccc2)cs1)C(C)(C)C(=O)O. The van der Waals surface area contributed by atoms with E-state index in [2.05, 4.69) is 4.98 Å². The fraction of sp³-hybridized carbons (Fsp3) is 0.286. The lowest BCUT2D eigenvalue weighted by atomic mass is 10.1. The van der Waals surface area contributed by atoms with E-state index in [0.29, 0.717) is 5.13 Å². The van der Waals surface area contributed by atoms with Crippen molar-refractivity contribution in [3.05, 3.63) is 35.7 Å². The number of aromatic nitrogens is 1. The van der Waals surface area contributed by atoms with Gasteiger partial charge in [-0.3, -0.25) is 0 Å². The van der Waals surface area contributed by atoms with Crippen LogP contribution in [0.1, 0.15) is 13.8 Å². The first-order valence-electron chi connectivity index (χ1n) is 5.91. The molecule has 2 aromatic rings. The predicted molar refractivity (Wildman–Crippen MR) is 77.7 cm³/mol. The van der Waals surface area contributed by atoms with Crippen LogP contribution in [-0.2, 0) is 4.79 Å². The van der Waals surface area contributed by atoms with Crippen LogP contribution in [0.5, 0.6) is 0 Å². The van der Waals surface area contributed by atoms with Gasteiger partial charge in [-0.25, -0.2) is 9.78 Å². The lowest BCUT2D eigenvalue weighted by Gasteiger charge is -2.31. The van der Waals surface area contributed by atoms with Gasteiger partial charge in [0, 0.05) is 18.0 Å². The average molecular weight is 276 g/mol. The molecule has 0 saturated carbocycles. The molecule has 1 aromatic carbocycles. The van der Waals surface area contributed by atoms with Crippen molar-refractivity contribution in [2.24, 2.45) is 0 Å². The molecular weight excluding hydrogens is 260 g/mol. The minimum Gasteiger partial charge on any atom is -0.480 e. The largest absolute Gasteiger partial charge is 0.480 e. The average Bonchev–Trinajstić information content (AvgIpc) is 2.88. The van der Waals surface area contributed by atoms with Crippen LogP contribution >= 0.6 is 11.3 Å². The molecule has 5 heteroatoms. The molecule has 0 aliphatic rings. The Bertz CT molecular complexity index is 578. The second kappa shape index (κ2) is 5.01. The number of thiazole rings is 1. The first-order valence-corrected chi connectivity index (χ1v) is 6.79. The Labute approximate surface area is 116 Å². The van der Waals surface area contributed by atoms with Crippen LogP contribution < -0.4 is 4.90 Å². The van der Waals surface area contributed by atoms with Crippen molar-refractivity contribution in [2.45, 2.75) is 19.4 Å². The zero-order valence-corrected chi connectivity index (χ0v) is 11.9. The molecule has 19 heavy (non-hydrogen) atoms. The highest BCUT2D eigenvalue weighted by Crippen LogP contribution is 2.30. The number of carboxylic acid groups (broad SMARTS) is 1. The first kappa shape index (κ1) is 13.5. The van der Waals surface area contributed by atoms with Crippen molar-refractivity contribution in [2.75, 3.05) is 11.9 Å². The van der Waals surface area contributed by atoms with Crippen LogP contribution in [0.15, 0.2) is 35.7 Å². The summed E-state index contributed by atoms with van der Waals surface area (Å²) in [7, 11) is 1.75. The maximum atomic E-state index is 11.2. The fourth-order valence-corrected chi connectivity index (χ4v) is 2.49. The molecule has 0 atom stereocenters. The summed E-state index contributed by atoms with van der Waals surface area (Å²) in [5, 5.41) is 11.9. The molecular formula is C14H16N2O2S. The molecule has 1 heterocycles. The lowest BCUT2D eigenvalue weighted by molar-refractivity contribution is -0.142. The summed E-state index contributed by atoms with van der Waals surface area (Å²) in [5.41, 5.74) is 0.923. The number of aliphatic carboxylic acids is 1. The summed E-state index contributed by atoms with van der Waals surface area (Å²) in [4.78, 5) is 17.4. The monoisotopic (exact) mass is 276 g/mol. The number of likely N-dealkylation sites (N-methyl/N-ethyl adjacent to an activating group) is 1. The molecule has 0 radical (unpaired) electrons. The molecule has 0 aliphatic carbocycles. The Kier molecular flexibility index (Phi) is 3.57. The van der Waals surface area contributed by atoms with Crippen molar-refractivity contribution in [3.8, 4) is 11.3 Å². The number of anilines is 1. The van der Waals surface area contributed by atoms with E-state index in [9.17, 15) is 9.90 Å². The molecule has 0 aliphatic heterocycles. The number of carbonyl (C=O) groups is 1. The third-order valence-electron chi connectivity index (χ3n) is 3.21. The maximum Gasteiger partial charge on any atom is 0.329 e. The Morgan fingerprint density at radius 3 is 2.53 bits per heavy atom. The summed E-state index contributed by atoms with van der Waals surface area (Å²) in [6, 6.07) is 9.84. The molecule has 0 fully saturated rings. The molecule has 4 nitrogen and oxygen atoms in total. The zero-order valence-electron chi connectivity index (χ0n) is 11.1. The molecule has 0 spiro atoms. The highest BCUT2D eigenvalue weighted by Gasteiger charge is 2.33. The van der Waals surface area contributed by atoms with Gasteiger partial charge in [-0.15, -0.1) is 11.3 Å². The van der Waals surface area contributed by atoms with Crippen molar-refractivity contribution in [3.63, 3.8) is 0 Å². The van der Waals surface area contributed by atoms with Gasteiger partial charge in [0.25, 0.3) is 0 Å². The second-order valence-corrected chi connectivity index (χ2v) is 5.64. The van der Waals surface area contributed by atoms with Crippen molar-refractivity contribution < 1.29 is 9.90 Å². The van der Waals surface area contributed by atoms with Gasteiger partial charge in [-0.05, 0) is 13.8 Å². The van der Waals surface area contributed by atoms with E-state index in [1.165, 1.54) is 11.3 Å². The summed E-state index contributed by atoms with van der Waals surface area (Å²) >= 11 is 1.45. The van der Waals surface area contributed by atoms with Gasteiger partial charge in [-0.1, -0.05) is 30.3 Å². The second-order valence-electron chi connectivity index (χ2n) is 4.80. The highest BCUT2D eigenvalue weighted by molar-refractivity contribution is 7.14. The number of hydrogen-bond acceptors (Lipinski definition) is 4. The molecule has 1 N–H and O–H groups in total. The summed E-state index contributed by atoms with van der Waals surface area (Å²) in [6.45, 7) is 3.33. The van der Waals surface area contributed by atoms with E-state index in [1.54, 1.807) is 25.8 Å². The number of nitrogens with zero attached hydrogens (tertiary/aromatic N) is 2. The molecule has 0 unspecified atom stereocenters. The fourth-order valence-electron chi connectivity index (χ4n) is 1.54. The predicted octanol–water partition coefficient (Wildman–Crippen LogP) is 3.11. The molecule has 1 aromatic heterocycles. The van der Waals surface area contributed by atoms with Gasteiger partial charge in [0.2, 0.25) is 0 Å². The maximum absolute atomic E-state index is 11.2. The zero-order chi connectivity index (χ0) is 14.0. The van der Waals surface area contributed by atoms with Crippen LogP contribution in [0.2, 0.25) is 0 Å². The van der Waals surface area contributed by atoms with Gasteiger partial charge in [0.1, 0.15) is 5.54 Å². The molecule has 0 bridgehead atoms. The van der Waals surface area contributed by atoms with Crippen molar-refractivity contribution >= 4 is 22.4 Å². The highest BCUT2D eigenvalue weighted by atomic mass is 32.1.